The molecule has 0 amide bonds. The molecule has 2 N–H and O–H groups in total. The summed E-state index contributed by atoms with van der Waals surface area (Å²) in [4.78, 5) is 0. The highest BCUT2D eigenvalue weighted by atomic mass is 19.1. The lowest BCUT2D eigenvalue weighted by molar-refractivity contribution is 0.414. The summed E-state index contributed by atoms with van der Waals surface area (Å²) in [6, 6.07) is 14.0. The van der Waals surface area contributed by atoms with E-state index in [9.17, 15) is 4.39 Å². The molecule has 0 radical (unpaired) electrons. The molecule has 0 fully saturated rings. The molecule has 18 heavy (non-hydrogen) atoms. The fraction of sp³-hybridized carbons (Fsp3) is 0.200. The predicted octanol–water partition coefficient (Wildman–Crippen LogP) is 3.08. The van der Waals surface area contributed by atoms with Crippen molar-refractivity contribution < 1.29 is 9.13 Å². The van der Waals surface area contributed by atoms with Crippen molar-refractivity contribution >= 4 is 0 Å². The van der Waals surface area contributed by atoms with E-state index in [0.29, 0.717) is 6.42 Å². The third kappa shape index (κ3) is 3.08. The van der Waals surface area contributed by atoms with E-state index in [-0.39, 0.29) is 11.9 Å². The Morgan fingerprint density at radius 3 is 2.22 bits per heavy atom. The summed E-state index contributed by atoms with van der Waals surface area (Å²) in [5, 5.41) is 0. The molecule has 2 rings (SSSR count). The standard InChI is InChI=1S/C15H16FNO/c1-18-14-8-4-12(5-9-14)15(17)10-11-2-6-13(16)7-3-11/h2-9,15H,10,17H2,1H3. The Balaban J connectivity index is 2.06. The van der Waals surface area contributed by atoms with E-state index in [1.54, 1.807) is 19.2 Å². The summed E-state index contributed by atoms with van der Waals surface area (Å²) >= 11 is 0. The van der Waals surface area contributed by atoms with E-state index in [4.69, 9.17) is 10.5 Å². The van der Waals surface area contributed by atoms with Crippen molar-refractivity contribution in [1.29, 1.82) is 0 Å². The second-order valence-electron chi connectivity index (χ2n) is 4.21. The molecular weight excluding hydrogens is 229 g/mol. The molecule has 1 atom stereocenters. The summed E-state index contributed by atoms with van der Waals surface area (Å²) < 4.78 is 17.9. The fourth-order valence-corrected chi connectivity index (χ4v) is 1.84. The monoisotopic (exact) mass is 245 g/mol. The first-order valence-electron chi connectivity index (χ1n) is 5.83. The first kappa shape index (κ1) is 12.6. The quantitative estimate of drug-likeness (QED) is 0.898. The van der Waals surface area contributed by atoms with Gasteiger partial charge in [0.2, 0.25) is 0 Å². The highest BCUT2D eigenvalue weighted by Crippen LogP contribution is 2.19. The molecule has 0 aliphatic rings. The number of methoxy groups -OCH3 is 1. The average molecular weight is 245 g/mol. The van der Waals surface area contributed by atoms with Crippen LogP contribution in [0.15, 0.2) is 48.5 Å². The summed E-state index contributed by atoms with van der Waals surface area (Å²) in [5.41, 5.74) is 8.19. The van der Waals surface area contributed by atoms with Gasteiger partial charge in [0, 0.05) is 6.04 Å². The van der Waals surface area contributed by atoms with Crippen LogP contribution in [-0.2, 0) is 6.42 Å². The number of benzene rings is 2. The third-order valence-electron chi connectivity index (χ3n) is 2.91. The number of hydrogen-bond acceptors (Lipinski definition) is 2. The van der Waals surface area contributed by atoms with Gasteiger partial charge in [-0.3, -0.25) is 0 Å². The van der Waals surface area contributed by atoms with Crippen LogP contribution in [0.5, 0.6) is 5.75 Å². The van der Waals surface area contributed by atoms with E-state index >= 15 is 0 Å². The van der Waals surface area contributed by atoms with Crippen LogP contribution in [0.25, 0.3) is 0 Å². The van der Waals surface area contributed by atoms with Crippen LogP contribution in [0.4, 0.5) is 4.39 Å². The zero-order valence-electron chi connectivity index (χ0n) is 10.3. The van der Waals surface area contributed by atoms with E-state index in [0.717, 1.165) is 16.9 Å². The SMILES string of the molecule is COc1ccc(C(N)Cc2ccc(F)cc2)cc1. The van der Waals surface area contributed by atoms with Crippen LogP contribution in [-0.4, -0.2) is 7.11 Å². The first-order chi connectivity index (χ1) is 8.69. The number of halogens is 1. The minimum absolute atomic E-state index is 0.0960. The maximum Gasteiger partial charge on any atom is 0.123 e. The van der Waals surface area contributed by atoms with Gasteiger partial charge in [-0.2, -0.15) is 0 Å². The molecule has 2 aromatic rings. The Bertz CT molecular complexity index is 493. The van der Waals surface area contributed by atoms with Crippen LogP contribution in [0.1, 0.15) is 17.2 Å². The van der Waals surface area contributed by atoms with Gasteiger partial charge in [0.05, 0.1) is 7.11 Å². The minimum Gasteiger partial charge on any atom is -0.497 e. The molecule has 0 aliphatic heterocycles. The van der Waals surface area contributed by atoms with Gasteiger partial charge < -0.3 is 10.5 Å². The topological polar surface area (TPSA) is 35.2 Å². The second kappa shape index (κ2) is 5.65. The zero-order chi connectivity index (χ0) is 13.0. The molecule has 0 aliphatic carbocycles. The molecule has 94 valence electrons. The van der Waals surface area contributed by atoms with Crippen molar-refractivity contribution in [3.8, 4) is 5.75 Å². The largest absolute Gasteiger partial charge is 0.497 e. The third-order valence-corrected chi connectivity index (χ3v) is 2.91. The highest BCUT2D eigenvalue weighted by molar-refractivity contribution is 5.30. The van der Waals surface area contributed by atoms with Crippen LogP contribution < -0.4 is 10.5 Å². The molecular formula is C15H16FNO. The van der Waals surface area contributed by atoms with Crippen molar-refractivity contribution in [3.63, 3.8) is 0 Å². The lowest BCUT2D eigenvalue weighted by atomic mass is 10.00. The molecule has 0 bridgehead atoms. The molecule has 2 aromatic carbocycles. The second-order valence-corrected chi connectivity index (χ2v) is 4.21. The number of rotatable bonds is 4. The lowest BCUT2D eigenvalue weighted by Gasteiger charge is -2.12. The molecule has 0 heterocycles. The Hall–Kier alpha value is -1.87. The fourth-order valence-electron chi connectivity index (χ4n) is 1.84. The van der Waals surface area contributed by atoms with Crippen molar-refractivity contribution in [2.75, 3.05) is 7.11 Å². The lowest BCUT2D eigenvalue weighted by Crippen LogP contribution is -2.13. The van der Waals surface area contributed by atoms with Crippen molar-refractivity contribution in [2.24, 2.45) is 5.73 Å². The normalized spacial score (nSPS) is 12.2. The smallest absolute Gasteiger partial charge is 0.123 e. The Labute approximate surface area is 106 Å². The van der Waals surface area contributed by atoms with Crippen molar-refractivity contribution in [3.05, 3.63) is 65.5 Å². The van der Waals surface area contributed by atoms with E-state index in [2.05, 4.69) is 0 Å². The molecule has 0 saturated carbocycles. The number of ether oxygens (including phenoxy) is 1. The molecule has 0 spiro atoms. The van der Waals surface area contributed by atoms with Gasteiger partial charge in [-0.05, 0) is 41.8 Å². The van der Waals surface area contributed by atoms with Crippen molar-refractivity contribution in [2.45, 2.75) is 12.5 Å². The molecule has 0 aromatic heterocycles. The Morgan fingerprint density at radius 2 is 1.67 bits per heavy atom. The summed E-state index contributed by atoms with van der Waals surface area (Å²) in [7, 11) is 1.63. The Morgan fingerprint density at radius 1 is 1.06 bits per heavy atom. The van der Waals surface area contributed by atoms with Crippen LogP contribution in [0, 0.1) is 5.82 Å². The maximum atomic E-state index is 12.8. The average Bonchev–Trinajstić information content (AvgIpc) is 2.41. The zero-order valence-corrected chi connectivity index (χ0v) is 10.3. The van der Waals surface area contributed by atoms with Gasteiger partial charge in [0.15, 0.2) is 0 Å². The van der Waals surface area contributed by atoms with Gasteiger partial charge in [0.25, 0.3) is 0 Å². The van der Waals surface area contributed by atoms with Gasteiger partial charge in [0.1, 0.15) is 11.6 Å². The van der Waals surface area contributed by atoms with E-state index in [1.807, 2.05) is 24.3 Å². The van der Waals surface area contributed by atoms with Gasteiger partial charge >= 0.3 is 0 Å². The molecule has 0 saturated heterocycles. The van der Waals surface area contributed by atoms with Gasteiger partial charge in [-0.25, -0.2) is 4.39 Å². The van der Waals surface area contributed by atoms with Crippen LogP contribution in [0.2, 0.25) is 0 Å². The Kier molecular flexibility index (Phi) is 3.95. The van der Waals surface area contributed by atoms with Crippen LogP contribution >= 0.6 is 0 Å². The molecule has 1 unspecified atom stereocenters. The van der Waals surface area contributed by atoms with Gasteiger partial charge in [-0.15, -0.1) is 0 Å². The molecule has 2 nitrogen and oxygen atoms in total. The first-order valence-corrected chi connectivity index (χ1v) is 5.83. The summed E-state index contributed by atoms with van der Waals surface area (Å²) in [5.74, 6) is 0.588. The predicted molar refractivity (Wildman–Crippen MR) is 70.0 cm³/mol. The van der Waals surface area contributed by atoms with Crippen molar-refractivity contribution in [1.82, 2.24) is 0 Å². The van der Waals surface area contributed by atoms with Crippen LogP contribution in [0.3, 0.4) is 0 Å². The van der Waals surface area contributed by atoms with E-state index < -0.39 is 0 Å². The minimum atomic E-state index is -0.225. The number of hydrogen-bond donors (Lipinski definition) is 1. The van der Waals surface area contributed by atoms with Gasteiger partial charge in [-0.1, -0.05) is 24.3 Å². The maximum absolute atomic E-state index is 12.8. The summed E-state index contributed by atoms with van der Waals surface area (Å²) in [6.45, 7) is 0. The highest BCUT2D eigenvalue weighted by Gasteiger charge is 2.07. The number of nitrogens with two attached hydrogens (primary N) is 1. The molecule has 3 heteroatoms. The summed E-state index contributed by atoms with van der Waals surface area (Å²) in [6.07, 6.45) is 0.687. The van der Waals surface area contributed by atoms with E-state index in [1.165, 1.54) is 12.1 Å².